The third-order valence-corrected chi connectivity index (χ3v) is 7.62. The molecule has 2 heterocycles. The number of hydrogen-bond donors (Lipinski definition) is 4. The first-order valence-electron chi connectivity index (χ1n) is 10.9. The van der Waals surface area contributed by atoms with Crippen molar-refractivity contribution in [2.24, 2.45) is 0 Å². The van der Waals surface area contributed by atoms with Gasteiger partial charge in [0.15, 0.2) is 5.82 Å². The molecule has 198 valence electrons. The van der Waals surface area contributed by atoms with E-state index in [1.165, 1.54) is 29.7 Å². The normalized spacial score (nSPS) is 11.3. The lowest BCUT2D eigenvalue weighted by Crippen LogP contribution is -2.22. The number of hydrogen-bond acceptors (Lipinski definition) is 8. The fraction of sp³-hybridized carbons (Fsp3) is 0.130. The second-order valence-electron chi connectivity index (χ2n) is 7.77. The van der Waals surface area contributed by atoms with Gasteiger partial charge in [-0.05, 0) is 42.8 Å². The van der Waals surface area contributed by atoms with Gasteiger partial charge in [0, 0.05) is 24.7 Å². The Morgan fingerprint density at radius 1 is 1.11 bits per heavy atom. The van der Waals surface area contributed by atoms with E-state index >= 15 is 4.39 Å². The smallest absolute Gasteiger partial charge is 0.404 e. The summed E-state index contributed by atoms with van der Waals surface area (Å²) < 4.78 is 70.8. The lowest BCUT2D eigenvalue weighted by atomic mass is 10.1. The van der Waals surface area contributed by atoms with Gasteiger partial charge in [-0.3, -0.25) is 4.72 Å². The first-order valence-corrected chi connectivity index (χ1v) is 13.2. The molecule has 2 aromatic carbocycles. The molecule has 0 atom stereocenters. The van der Waals surface area contributed by atoms with Gasteiger partial charge >= 0.3 is 6.09 Å². The van der Waals surface area contributed by atoms with Gasteiger partial charge in [-0.25, -0.2) is 41.3 Å². The highest BCUT2D eigenvalue weighted by Gasteiger charge is 2.25. The van der Waals surface area contributed by atoms with Crippen LogP contribution in [0.25, 0.3) is 21.8 Å². The third kappa shape index (κ3) is 6.00. The molecule has 0 bridgehead atoms. The molecule has 0 unspecified atom stereocenters. The largest absolute Gasteiger partial charge is 0.465 e. The SMILES string of the molecule is Nc1nccc(-c2sc(CCCNC(=O)O)nc2-c2cccc(NS(=O)(=O)c3cc(F)ccc3F)c2F)n1. The Labute approximate surface area is 218 Å². The van der Waals surface area contributed by atoms with Crippen LogP contribution in [-0.4, -0.2) is 41.1 Å². The molecule has 5 N–H and O–H groups in total. The Kier molecular flexibility index (Phi) is 7.78. The number of sulfonamides is 1. The van der Waals surface area contributed by atoms with E-state index in [1.54, 1.807) is 6.07 Å². The summed E-state index contributed by atoms with van der Waals surface area (Å²) in [4.78, 5) is 22.6. The van der Waals surface area contributed by atoms with Crippen molar-refractivity contribution in [2.75, 3.05) is 17.0 Å². The van der Waals surface area contributed by atoms with E-state index in [4.69, 9.17) is 10.8 Å². The number of halogens is 3. The maximum atomic E-state index is 15.7. The number of nitrogens with two attached hydrogens (primary N) is 1. The Hall–Kier alpha value is -4.24. The number of rotatable bonds is 9. The quantitative estimate of drug-likeness (QED) is 0.219. The second kappa shape index (κ2) is 11.0. The molecule has 0 aliphatic rings. The highest BCUT2D eigenvalue weighted by Crippen LogP contribution is 2.39. The van der Waals surface area contributed by atoms with Gasteiger partial charge in [-0.15, -0.1) is 11.3 Å². The number of aromatic nitrogens is 3. The van der Waals surface area contributed by atoms with Crippen LogP contribution in [0, 0.1) is 17.5 Å². The fourth-order valence-electron chi connectivity index (χ4n) is 3.44. The summed E-state index contributed by atoms with van der Waals surface area (Å²) in [6.07, 6.45) is 1.00. The molecular weight excluding hydrogens is 545 g/mol. The maximum absolute atomic E-state index is 15.7. The molecule has 1 amide bonds. The average Bonchev–Trinajstić information content (AvgIpc) is 3.28. The van der Waals surface area contributed by atoms with Crippen molar-refractivity contribution >= 4 is 39.1 Å². The van der Waals surface area contributed by atoms with Crippen LogP contribution >= 0.6 is 11.3 Å². The lowest BCUT2D eigenvalue weighted by molar-refractivity contribution is 0.194. The van der Waals surface area contributed by atoms with E-state index in [0.29, 0.717) is 40.6 Å². The maximum Gasteiger partial charge on any atom is 0.404 e. The van der Waals surface area contributed by atoms with Gasteiger partial charge in [0.1, 0.15) is 16.5 Å². The summed E-state index contributed by atoms with van der Waals surface area (Å²) in [6, 6.07) is 7.30. The highest BCUT2D eigenvalue weighted by atomic mass is 32.2. The van der Waals surface area contributed by atoms with Gasteiger partial charge < -0.3 is 16.2 Å². The number of nitrogen functional groups attached to an aromatic ring is 1. The number of thiazole rings is 1. The summed E-state index contributed by atoms with van der Waals surface area (Å²) in [6.45, 7) is 0.169. The monoisotopic (exact) mass is 564 g/mol. The van der Waals surface area contributed by atoms with Crippen molar-refractivity contribution in [1.29, 1.82) is 0 Å². The average molecular weight is 565 g/mol. The zero-order valence-electron chi connectivity index (χ0n) is 19.3. The van der Waals surface area contributed by atoms with E-state index in [1.807, 2.05) is 4.72 Å². The Morgan fingerprint density at radius 2 is 1.89 bits per heavy atom. The minimum atomic E-state index is -4.69. The van der Waals surface area contributed by atoms with E-state index in [-0.39, 0.29) is 23.8 Å². The number of nitrogens with one attached hydrogen (secondary N) is 2. The molecule has 38 heavy (non-hydrogen) atoms. The molecule has 10 nitrogen and oxygen atoms in total. The van der Waals surface area contributed by atoms with Gasteiger partial charge in [-0.2, -0.15) is 0 Å². The second-order valence-corrected chi connectivity index (χ2v) is 10.5. The summed E-state index contributed by atoms with van der Waals surface area (Å²) in [7, 11) is -4.69. The number of benzene rings is 2. The van der Waals surface area contributed by atoms with Crippen LogP contribution in [0.3, 0.4) is 0 Å². The van der Waals surface area contributed by atoms with Crippen LogP contribution in [0.4, 0.5) is 29.6 Å². The first-order chi connectivity index (χ1) is 18.0. The summed E-state index contributed by atoms with van der Waals surface area (Å²) in [5, 5.41) is 11.5. The molecule has 15 heteroatoms. The van der Waals surface area contributed by atoms with E-state index in [2.05, 4.69) is 20.3 Å². The highest BCUT2D eigenvalue weighted by molar-refractivity contribution is 7.92. The Morgan fingerprint density at radius 3 is 2.63 bits per heavy atom. The number of anilines is 2. The number of carboxylic acid groups (broad SMARTS) is 1. The van der Waals surface area contributed by atoms with E-state index < -0.39 is 44.2 Å². The molecule has 0 aliphatic heterocycles. The van der Waals surface area contributed by atoms with Crippen LogP contribution in [0.5, 0.6) is 0 Å². The molecule has 0 fully saturated rings. The molecule has 0 radical (unpaired) electrons. The summed E-state index contributed by atoms with van der Waals surface area (Å²) in [5.41, 5.74) is 5.57. The van der Waals surface area contributed by atoms with Gasteiger partial charge in [0.25, 0.3) is 10.0 Å². The topological polar surface area (TPSA) is 160 Å². The van der Waals surface area contributed by atoms with Gasteiger partial charge in [0.2, 0.25) is 5.95 Å². The van der Waals surface area contributed by atoms with E-state index in [9.17, 15) is 22.0 Å². The third-order valence-electron chi connectivity index (χ3n) is 5.10. The molecule has 4 aromatic rings. The van der Waals surface area contributed by atoms with Crippen molar-refractivity contribution in [3.63, 3.8) is 0 Å². The molecule has 0 spiro atoms. The summed E-state index contributed by atoms with van der Waals surface area (Å²) >= 11 is 1.17. The molecule has 0 saturated heterocycles. The molecule has 0 saturated carbocycles. The van der Waals surface area contributed by atoms with Crippen LogP contribution in [0.1, 0.15) is 11.4 Å². The Bertz CT molecular complexity index is 1610. The Balaban J connectivity index is 1.74. The zero-order valence-corrected chi connectivity index (χ0v) is 20.9. The van der Waals surface area contributed by atoms with Crippen molar-refractivity contribution in [3.05, 3.63) is 71.1 Å². The van der Waals surface area contributed by atoms with Crippen molar-refractivity contribution < 1.29 is 31.5 Å². The first kappa shape index (κ1) is 26.8. The molecule has 0 aliphatic carbocycles. The van der Waals surface area contributed by atoms with Crippen LogP contribution < -0.4 is 15.8 Å². The predicted molar refractivity (Wildman–Crippen MR) is 134 cm³/mol. The number of amides is 1. The zero-order chi connectivity index (χ0) is 27.4. The van der Waals surface area contributed by atoms with Crippen molar-refractivity contribution in [3.8, 4) is 21.8 Å². The predicted octanol–water partition coefficient (Wildman–Crippen LogP) is 4.27. The number of carbonyl (C=O) groups is 1. The molecule has 2 aromatic heterocycles. The van der Waals surface area contributed by atoms with Crippen LogP contribution in [-0.2, 0) is 16.4 Å². The van der Waals surface area contributed by atoms with Gasteiger partial charge in [0.05, 0.1) is 27.0 Å². The number of aryl methyl sites for hydroxylation is 1. The van der Waals surface area contributed by atoms with Crippen LogP contribution in [0.15, 0.2) is 53.6 Å². The molecular formula is C23H19F3N6O4S2. The fourth-order valence-corrected chi connectivity index (χ4v) is 5.68. The van der Waals surface area contributed by atoms with E-state index in [0.717, 1.165) is 12.1 Å². The summed E-state index contributed by atoms with van der Waals surface area (Å²) in [5.74, 6) is -3.24. The van der Waals surface area contributed by atoms with Crippen molar-refractivity contribution in [1.82, 2.24) is 20.3 Å². The standard InChI is InChI=1S/C23H19F3N6O4S2/c24-12-6-7-14(25)17(11-12)38(35,36)32-15-4-1-3-13(19(15)26)20-21(16-8-10-28-22(27)30-16)37-18(31-20)5-2-9-29-23(33)34/h1,3-4,6-8,10-11,29,32H,2,5,9H2,(H,33,34)(H2,27,28,30). The van der Waals surface area contributed by atoms with Crippen LogP contribution in [0.2, 0.25) is 0 Å². The van der Waals surface area contributed by atoms with Gasteiger partial charge in [-0.1, -0.05) is 6.07 Å². The minimum absolute atomic E-state index is 0.0341. The number of nitrogens with zero attached hydrogens (tertiary/aromatic N) is 3. The molecule has 4 rings (SSSR count). The van der Waals surface area contributed by atoms with Crippen molar-refractivity contribution in [2.45, 2.75) is 17.7 Å². The minimum Gasteiger partial charge on any atom is -0.465 e. The lowest BCUT2D eigenvalue weighted by Gasteiger charge is -2.12.